The predicted molar refractivity (Wildman–Crippen MR) is 63.4 cm³/mol. The van der Waals surface area contributed by atoms with E-state index in [-0.39, 0.29) is 0 Å². The predicted octanol–water partition coefficient (Wildman–Crippen LogP) is 1.20. The van der Waals surface area contributed by atoms with Gasteiger partial charge in [-0.15, -0.1) is 0 Å². The van der Waals surface area contributed by atoms with Crippen LogP contribution in [0.1, 0.15) is 51.4 Å². The van der Waals surface area contributed by atoms with Crippen LogP contribution in [0.2, 0.25) is 0 Å². The fraction of sp³-hybridized carbons (Fsp3) is 0.929. The Kier molecular flexibility index (Phi) is 3.01. The first-order valence-electron chi connectivity index (χ1n) is 7.24. The van der Waals surface area contributed by atoms with Crippen LogP contribution in [-0.2, 0) is 4.79 Å². The van der Waals surface area contributed by atoms with Crippen molar-refractivity contribution in [2.45, 2.75) is 57.4 Å². The SMILES string of the molecule is O=C1[C@H]2CCC[C@@H]1[C@@H]([NH+]1CCCCC1)CC2. The molecule has 16 heavy (non-hydrogen) atoms. The molecule has 0 aromatic rings. The van der Waals surface area contributed by atoms with Crippen LogP contribution in [0.5, 0.6) is 0 Å². The lowest BCUT2D eigenvalue weighted by atomic mass is 9.68. The fourth-order valence-electron chi connectivity index (χ4n) is 4.30. The quantitative estimate of drug-likeness (QED) is 0.707. The largest absolute Gasteiger partial charge is 0.332 e. The number of piperidine rings is 1. The van der Waals surface area contributed by atoms with Gasteiger partial charge in [-0.1, -0.05) is 6.42 Å². The minimum Gasteiger partial charge on any atom is -0.332 e. The van der Waals surface area contributed by atoms with E-state index in [0.29, 0.717) is 23.7 Å². The summed E-state index contributed by atoms with van der Waals surface area (Å²) in [5.41, 5.74) is 0. The zero-order valence-electron chi connectivity index (χ0n) is 10.2. The molecule has 1 heterocycles. The molecule has 3 fully saturated rings. The van der Waals surface area contributed by atoms with Crippen molar-refractivity contribution < 1.29 is 9.69 Å². The molecule has 2 nitrogen and oxygen atoms in total. The summed E-state index contributed by atoms with van der Waals surface area (Å²) in [6, 6.07) is 0.698. The number of carbonyl (C=O) groups excluding carboxylic acids is 1. The van der Waals surface area contributed by atoms with E-state index in [2.05, 4.69) is 0 Å². The molecule has 0 aromatic heterocycles. The van der Waals surface area contributed by atoms with Crippen molar-refractivity contribution in [2.24, 2.45) is 11.8 Å². The van der Waals surface area contributed by atoms with E-state index in [9.17, 15) is 4.79 Å². The standard InChI is InChI=1S/C14H23NO/c16-14-11-5-4-6-12(14)13(8-7-11)15-9-2-1-3-10-15/h11-13H,1-10H2/p+1/t11-,12+,13-/m0/s1. The Labute approximate surface area is 98.4 Å². The van der Waals surface area contributed by atoms with Gasteiger partial charge in [0.1, 0.15) is 5.78 Å². The summed E-state index contributed by atoms with van der Waals surface area (Å²) >= 11 is 0. The summed E-state index contributed by atoms with van der Waals surface area (Å²) in [5, 5.41) is 0. The van der Waals surface area contributed by atoms with Crippen LogP contribution in [0, 0.1) is 11.8 Å². The van der Waals surface area contributed by atoms with Gasteiger partial charge >= 0.3 is 0 Å². The summed E-state index contributed by atoms with van der Waals surface area (Å²) in [6.45, 7) is 2.66. The number of rotatable bonds is 1. The van der Waals surface area contributed by atoms with E-state index in [1.54, 1.807) is 4.90 Å². The van der Waals surface area contributed by atoms with Gasteiger partial charge in [0, 0.05) is 12.3 Å². The Morgan fingerprint density at radius 2 is 1.69 bits per heavy atom. The highest BCUT2D eigenvalue weighted by Crippen LogP contribution is 2.36. The van der Waals surface area contributed by atoms with Crippen LogP contribution in [0.25, 0.3) is 0 Å². The number of ketones is 1. The minimum absolute atomic E-state index is 0.445. The molecule has 2 saturated carbocycles. The normalized spacial score (nSPS) is 41.0. The van der Waals surface area contributed by atoms with Crippen LogP contribution in [0.4, 0.5) is 0 Å². The highest BCUT2D eigenvalue weighted by Gasteiger charge is 2.45. The molecule has 0 amide bonds. The van der Waals surface area contributed by atoms with Gasteiger partial charge in [0.15, 0.2) is 0 Å². The van der Waals surface area contributed by atoms with Gasteiger partial charge in [-0.25, -0.2) is 0 Å². The van der Waals surface area contributed by atoms with Crippen LogP contribution in [0.15, 0.2) is 0 Å². The lowest BCUT2D eigenvalue weighted by Crippen LogP contribution is -3.17. The second kappa shape index (κ2) is 4.48. The van der Waals surface area contributed by atoms with Crippen LogP contribution in [-0.4, -0.2) is 24.9 Å². The zero-order valence-corrected chi connectivity index (χ0v) is 10.2. The molecule has 1 N–H and O–H groups in total. The third-order valence-electron chi connectivity index (χ3n) is 5.17. The van der Waals surface area contributed by atoms with Crippen LogP contribution < -0.4 is 4.90 Å². The number of hydrogen-bond acceptors (Lipinski definition) is 1. The monoisotopic (exact) mass is 222 g/mol. The number of hydrogen-bond donors (Lipinski definition) is 1. The maximum absolute atomic E-state index is 12.2. The number of nitrogens with one attached hydrogen (secondary N) is 1. The smallest absolute Gasteiger partial charge is 0.144 e. The molecule has 0 unspecified atom stereocenters. The van der Waals surface area contributed by atoms with Crippen molar-refractivity contribution in [1.29, 1.82) is 0 Å². The van der Waals surface area contributed by atoms with E-state index in [1.165, 1.54) is 64.5 Å². The van der Waals surface area contributed by atoms with E-state index >= 15 is 0 Å². The van der Waals surface area contributed by atoms with Crippen LogP contribution in [0.3, 0.4) is 0 Å². The molecule has 3 aliphatic rings. The van der Waals surface area contributed by atoms with E-state index < -0.39 is 0 Å². The highest BCUT2D eigenvalue weighted by atomic mass is 16.1. The maximum Gasteiger partial charge on any atom is 0.144 e. The van der Waals surface area contributed by atoms with E-state index in [1.807, 2.05) is 0 Å². The lowest BCUT2D eigenvalue weighted by molar-refractivity contribution is -0.933. The summed E-state index contributed by atoms with van der Waals surface area (Å²) in [6.07, 6.45) is 10.4. The number of fused-ring (bicyclic) bond motifs is 2. The summed E-state index contributed by atoms with van der Waals surface area (Å²) in [4.78, 5) is 14.0. The number of likely N-dealkylation sites (tertiary alicyclic amines) is 1. The van der Waals surface area contributed by atoms with Gasteiger partial charge in [0.05, 0.1) is 25.0 Å². The molecule has 2 bridgehead atoms. The summed E-state index contributed by atoms with van der Waals surface area (Å²) in [5.74, 6) is 1.54. The third-order valence-corrected chi connectivity index (χ3v) is 5.17. The molecule has 90 valence electrons. The maximum atomic E-state index is 12.2. The van der Waals surface area contributed by atoms with Crippen LogP contribution >= 0.6 is 0 Å². The van der Waals surface area contributed by atoms with Gasteiger partial charge in [-0.05, 0) is 38.5 Å². The van der Waals surface area contributed by atoms with E-state index in [4.69, 9.17) is 0 Å². The van der Waals surface area contributed by atoms with Gasteiger partial charge in [-0.3, -0.25) is 4.79 Å². The topological polar surface area (TPSA) is 21.5 Å². The van der Waals surface area contributed by atoms with Crippen molar-refractivity contribution in [1.82, 2.24) is 0 Å². The fourth-order valence-corrected chi connectivity index (χ4v) is 4.30. The Bertz CT molecular complexity index is 270. The molecule has 3 atom stereocenters. The number of quaternary nitrogens is 1. The second-order valence-corrected chi connectivity index (χ2v) is 6.04. The van der Waals surface area contributed by atoms with Crippen molar-refractivity contribution >= 4 is 5.78 Å². The zero-order chi connectivity index (χ0) is 11.0. The Balaban J connectivity index is 1.72. The van der Waals surface area contributed by atoms with Gasteiger partial charge in [-0.2, -0.15) is 0 Å². The molecule has 2 heteroatoms. The lowest BCUT2D eigenvalue weighted by Gasteiger charge is -2.43. The molecule has 3 rings (SSSR count). The molecular formula is C14H24NO+. The average molecular weight is 222 g/mol. The van der Waals surface area contributed by atoms with Gasteiger partial charge < -0.3 is 4.90 Å². The van der Waals surface area contributed by atoms with Crippen molar-refractivity contribution in [3.63, 3.8) is 0 Å². The van der Waals surface area contributed by atoms with Crippen molar-refractivity contribution in [3.05, 3.63) is 0 Å². The van der Waals surface area contributed by atoms with Crippen molar-refractivity contribution in [2.75, 3.05) is 13.1 Å². The molecular weight excluding hydrogens is 198 g/mol. The molecule has 0 spiro atoms. The molecule has 2 aliphatic carbocycles. The first-order valence-corrected chi connectivity index (χ1v) is 7.24. The first-order chi connectivity index (χ1) is 7.86. The van der Waals surface area contributed by atoms with E-state index in [0.717, 1.165) is 0 Å². The Morgan fingerprint density at radius 3 is 2.50 bits per heavy atom. The first kappa shape index (κ1) is 10.8. The highest BCUT2D eigenvalue weighted by molar-refractivity contribution is 5.85. The van der Waals surface area contributed by atoms with Gasteiger partial charge in [0.25, 0.3) is 0 Å². The molecule has 0 aromatic carbocycles. The third kappa shape index (κ3) is 1.81. The summed E-state index contributed by atoms with van der Waals surface area (Å²) < 4.78 is 0. The summed E-state index contributed by atoms with van der Waals surface area (Å²) in [7, 11) is 0. The average Bonchev–Trinajstić information content (AvgIpc) is 2.30. The van der Waals surface area contributed by atoms with Gasteiger partial charge in [0.2, 0.25) is 0 Å². The number of Topliss-reactive ketones (excluding diaryl/α,β-unsaturated/α-hetero) is 1. The molecule has 1 aliphatic heterocycles. The molecule has 0 radical (unpaired) electrons. The molecule has 1 saturated heterocycles. The van der Waals surface area contributed by atoms with Crippen molar-refractivity contribution in [3.8, 4) is 0 Å². The Hall–Kier alpha value is -0.370. The Morgan fingerprint density at radius 1 is 0.875 bits per heavy atom. The minimum atomic E-state index is 0.445. The second-order valence-electron chi connectivity index (χ2n) is 6.04. The number of carbonyl (C=O) groups is 1.